The molecule has 0 saturated carbocycles. The zero-order valence-electron chi connectivity index (χ0n) is 19.9. The van der Waals surface area contributed by atoms with Crippen molar-refractivity contribution >= 4 is 34.9 Å². The predicted octanol–water partition coefficient (Wildman–Crippen LogP) is 3.91. The number of aliphatic hydroxyl groups excluding tert-OH is 1. The fraction of sp³-hybridized carbons (Fsp3) is 0.440. The minimum Gasteiger partial charge on any atom is -0.497 e. The molecule has 2 N–H and O–H groups in total. The third kappa shape index (κ3) is 5.76. The SMILES string of the molecule is COc1cc(F)c2ncc(Cl)c([C@H](O)CN3CCC(NCc4cc5c(cn4)OCCO5)CC3)c2c1.Cl. The summed E-state index contributed by atoms with van der Waals surface area (Å²) in [6.45, 7) is 3.79. The quantitative estimate of drug-likeness (QED) is 0.468. The van der Waals surface area contributed by atoms with Crippen LogP contribution in [0.3, 0.4) is 0 Å². The Morgan fingerprint density at radius 2 is 1.92 bits per heavy atom. The molecule has 8 nitrogen and oxygen atoms in total. The number of methoxy groups -OCH3 is 1. The number of aliphatic hydroxyl groups is 1. The number of rotatable bonds is 7. The van der Waals surface area contributed by atoms with Crippen LogP contribution < -0.4 is 19.5 Å². The van der Waals surface area contributed by atoms with Crippen LogP contribution in [0.25, 0.3) is 10.9 Å². The molecule has 0 spiro atoms. The second-order valence-corrected chi connectivity index (χ2v) is 9.22. The van der Waals surface area contributed by atoms with Crippen molar-refractivity contribution in [3.05, 3.63) is 52.7 Å². The monoisotopic (exact) mass is 538 g/mol. The van der Waals surface area contributed by atoms with Crippen molar-refractivity contribution in [1.29, 1.82) is 0 Å². The van der Waals surface area contributed by atoms with E-state index >= 15 is 0 Å². The van der Waals surface area contributed by atoms with Crippen molar-refractivity contribution in [2.75, 3.05) is 40.0 Å². The fourth-order valence-corrected chi connectivity index (χ4v) is 4.95. The number of β-amino-alcohol motifs (C(OH)–C–C–N with tert-alkyl or cyclic N) is 1. The molecule has 11 heteroatoms. The van der Waals surface area contributed by atoms with Crippen LogP contribution in [0.15, 0.2) is 30.6 Å². The number of hydrogen-bond acceptors (Lipinski definition) is 8. The van der Waals surface area contributed by atoms with E-state index in [9.17, 15) is 9.50 Å². The molecular formula is C25H29Cl2FN4O4. The van der Waals surface area contributed by atoms with Crippen molar-refractivity contribution in [3.8, 4) is 17.2 Å². The number of pyridine rings is 2. The molecule has 1 atom stereocenters. The van der Waals surface area contributed by atoms with Gasteiger partial charge in [-0.25, -0.2) is 4.39 Å². The lowest BCUT2D eigenvalue weighted by molar-refractivity contribution is 0.0949. The zero-order valence-corrected chi connectivity index (χ0v) is 21.4. The molecule has 1 saturated heterocycles. The first-order valence-electron chi connectivity index (χ1n) is 11.7. The average molecular weight is 539 g/mol. The van der Waals surface area contributed by atoms with E-state index in [1.807, 2.05) is 6.07 Å². The number of nitrogens with zero attached hydrogens (tertiary/aromatic N) is 3. The van der Waals surface area contributed by atoms with Gasteiger partial charge < -0.3 is 29.5 Å². The van der Waals surface area contributed by atoms with Crippen LogP contribution in [0.2, 0.25) is 5.02 Å². The molecule has 36 heavy (non-hydrogen) atoms. The summed E-state index contributed by atoms with van der Waals surface area (Å²) in [6.07, 6.45) is 4.09. The number of fused-ring (bicyclic) bond motifs is 2. The maximum absolute atomic E-state index is 14.5. The molecule has 0 amide bonds. The first-order chi connectivity index (χ1) is 17.0. The number of nitrogens with one attached hydrogen (secondary N) is 1. The summed E-state index contributed by atoms with van der Waals surface area (Å²) in [5.41, 5.74) is 1.55. The Morgan fingerprint density at radius 3 is 2.67 bits per heavy atom. The Bertz CT molecular complexity index is 1210. The van der Waals surface area contributed by atoms with E-state index in [4.69, 9.17) is 25.8 Å². The van der Waals surface area contributed by atoms with Crippen LogP contribution in [0, 0.1) is 5.82 Å². The summed E-state index contributed by atoms with van der Waals surface area (Å²) in [5.74, 6) is 1.28. The summed E-state index contributed by atoms with van der Waals surface area (Å²) in [4.78, 5) is 10.8. The average Bonchev–Trinajstić information content (AvgIpc) is 2.87. The van der Waals surface area contributed by atoms with Gasteiger partial charge in [-0.2, -0.15) is 0 Å². The number of aromatic nitrogens is 2. The number of hydrogen-bond donors (Lipinski definition) is 2. The van der Waals surface area contributed by atoms with Gasteiger partial charge in [0.15, 0.2) is 17.3 Å². The first kappa shape index (κ1) is 26.6. The first-order valence-corrected chi connectivity index (χ1v) is 12.1. The van der Waals surface area contributed by atoms with Gasteiger partial charge in [0, 0.05) is 48.4 Å². The van der Waals surface area contributed by atoms with Crippen molar-refractivity contribution in [1.82, 2.24) is 20.2 Å². The molecule has 2 aliphatic rings. The minimum atomic E-state index is -0.883. The Kier molecular flexibility index (Phi) is 8.69. The Hall–Kier alpha value is -2.43. The van der Waals surface area contributed by atoms with Gasteiger partial charge in [0.25, 0.3) is 0 Å². The molecule has 0 bridgehead atoms. The van der Waals surface area contributed by atoms with E-state index in [0.29, 0.717) is 59.8 Å². The molecule has 0 radical (unpaired) electrons. The summed E-state index contributed by atoms with van der Waals surface area (Å²) in [7, 11) is 1.47. The second-order valence-electron chi connectivity index (χ2n) is 8.82. The van der Waals surface area contributed by atoms with Crippen LogP contribution >= 0.6 is 24.0 Å². The van der Waals surface area contributed by atoms with Gasteiger partial charge in [-0.3, -0.25) is 9.97 Å². The molecule has 1 fully saturated rings. The molecule has 4 heterocycles. The molecule has 194 valence electrons. The lowest BCUT2D eigenvalue weighted by Crippen LogP contribution is -2.43. The van der Waals surface area contributed by atoms with Crippen LogP contribution in [0.1, 0.15) is 30.2 Å². The van der Waals surface area contributed by atoms with E-state index in [-0.39, 0.29) is 17.9 Å². The van der Waals surface area contributed by atoms with Gasteiger partial charge >= 0.3 is 0 Å². The normalized spacial score (nSPS) is 17.0. The number of ether oxygens (including phenoxy) is 3. The second kappa shape index (κ2) is 11.7. The molecule has 0 unspecified atom stereocenters. The van der Waals surface area contributed by atoms with Gasteiger partial charge in [0.2, 0.25) is 0 Å². The van der Waals surface area contributed by atoms with Crippen molar-refractivity contribution < 1.29 is 23.7 Å². The van der Waals surface area contributed by atoms with Crippen LogP contribution in [0.4, 0.5) is 4.39 Å². The van der Waals surface area contributed by atoms with E-state index in [0.717, 1.165) is 37.4 Å². The predicted molar refractivity (Wildman–Crippen MR) is 137 cm³/mol. The maximum Gasteiger partial charge on any atom is 0.179 e. The summed E-state index contributed by atoms with van der Waals surface area (Å²) in [6, 6.07) is 5.21. The Labute approximate surface area is 220 Å². The molecule has 2 aromatic heterocycles. The third-order valence-electron chi connectivity index (χ3n) is 6.54. The number of piperidine rings is 1. The van der Waals surface area contributed by atoms with Gasteiger partial charge in [-0.15, -0.1) is 12.4 Å². The van der Waals surface area contributed by atoms with Crippen molar-refractivity contribution in [2.45, 2.75) is 31.5 Å². The third-order valence-corrected chi connectivity index (χ3v) is 6.84. The topological polar surface area (TPSA) is 89.0 Å². The molecular weight excluding hydrogens is 510 g/mol. The number of halogens is 3. The Balaban J connectivity index is 0.00000304. The molecule has 2 aliphatic heterocycles. The largest absolute Gasteiger partial charge is 0.497 e. The van der Waals surface area contributed by atoms with E-state index < -0.39 is 11.9 Å². The van der Waals surface area contributed by atoms with Gasteiger partial charge in [-0.1, -0.05) is 11.6 Å². The van der Waals surface area contributed by atoms with Crippen LogP contribution in [0.5, 0.6) is 17.2 Å². The highest BCUT2D eigenvalue weighted by Crippen LogP contribution is 2.34. The highest BCUT2D eigenvalue weighted by Gasteiger charge is 2.25. The number of benzene rings is 1. The van der Waals surface area contributed by atoms with Gasteiger partial charge in [0.1, 0.15) is 24.5 Å². The van der Waals surface area contributed by atoms with E-state index in [1.165, 1.54) is 19.4 Å². The van der Waals surface area contributed by atoms with Gasteiger partial charge in [-0.05, 0) is 32.0 Å². The lowest BCUT2D eigenvalue weighted by atomic mass is 10.0. The Morgan fingerprint density at radius 1 is 1.17 bits per heavy atom. The highest BCUT2D eigenvalue weighted by molar-refractivity contribution is 6.32. The highest BCUT2D eigenvalue weighted by atomic mass is 35.5. The van der Waals surface area contributed by atoms with Crippen LogP contribution in [-0.4, -0.2) is 66.0 Å². The smallest absolute Gasteiger partial charge is 0.179 e. The van der Waals surface area contributed by atoms with Gasteiger partial charge in [0.05, 0.1) is 30.1 Å². The summed E-state index contributed by atoms with van der Waals surface area (Å²) >= 11 is 6.39. The summed E-state index contributed by atoms with van der Waals surface area (Å²) in [5, 5.41) is 15.4. The van der Waals surface area contributed by atoms with Crippen molar-refractivity contribution in [3.63, 3.8) is 0 Å². The lowest BCUT2D eigenvalue weighted by Gasteiger charge is -2.34. The molecule has 1 aromatic carbocycles. The molecule has 5 rings (SSSR count). The fourth-order valence-electron chi connectivity index (χ4n) is 4.68. The maximum atomic E-state index is 14.5. The standard InChI is InChI=1S/C25H28ClFN4O4.ClH/c1-33-17-9-18-24(19(26)12-30-25(18)20(27)10-17)21(32)14-31-4-2-15(3-5-31)28-11-16-8-22-23(13-29-16)35-7-6-34-22;/h8-10,12-13,15,21,28,32H,2-7,11,14H2,1H3;1H/t21-;/m1./s1. The van der Waals surface area contributed by atoms with Crippen LogP contribution in [-0.2, 0) is 6.54 Å². The molecule has 0 aliphatic carbocycles. The number of likely N-dealkylation sites (tertiary alicyclic amines) is 1. The molecule has 3 aromatic rings. The van der Waals surface area contributed by atoms with E-state index in [1.54, 1.807) is 12.3 Å². The zero-order chi connectivity index (χ0) is 24.4. The minimum absolute atomic E-state index is 0. The van der Waals surface area contributed by atoms with Crippen molar-refractivity contribution in [2.24, 2.45) is 0 Å². The van der Waals surface area contributed by atoms with E-state index in [2.05, 4.69) is 20.2 Å². The summed E-state index contributed by atoms with van der Waals surface area (Å²) < 4.78 is 30.8.